The van der Waals surface area contributed by atoms with E-state index in [-0.39, 0.29) is 22.8 Å². The summed E-state index contributed by atoms with van der Waals surface area (Å²) >= 11 is 5.55. The number of anilines is 1. The van der Waals surface area contributed by atoms with E-state index < -0.39 is 11.7 Å². The molecule has 1 heterocycles. The molecule has 1 atom stereocenters. The second kappa shape index (κ2) is 6.13. The highest BCUT2D eigenvalue weighted by Gasteiger charge is 2.33. The number of amides is 2. The molecule has 1 aliphatic heterocycles. The Morgan fingerprint density at radius 1 is 1.38 bits per heavy atom. The summed E-state index contributed by atoms with van der Waals surface area (Å²) in [6, 6.07) is 3.07. The van der Waals surface area contributed by atoms with Gasteiger partial charge in [-0.05, 0) is 44.4 Å². The second-order valence-corrected chi connectivity index (χ2v) is 5.57. The van der Waals surface area contributed by atoms with Gasteiger partial charge in [0.2, 0.25) is 0 Å². The van der Waals surface area contributed by atoms with E-state index in [9.17, 15) is 18.0 Å². The van der Waals surface area contributed by atoms with Crippen molar-refractivity contribution in [3.8, 4) is 0 Å². The number of nitrogens with zero attached hydrogens (tertiary/aromatic N) is 1. The normalized spacial score (nSPS) is 19.5. The van der Waals surface area contributed by atoms with Gasteiger partial charge in [0.15, 0.2) is 0 Å². The van der Waals surface area contributed by atoms with Crippen molar-refractivity contribution in [3.05, 3.63) is 28.8 Å². The number of likely N-dealkylation sites (tertiary alicyclic amines) is 1. The quantitative estimate of drug-likeness (QED) is 0.794. The van der Waals surface area contributed by atoms with Crippen molar-refractivity contribution in [1.29, 1.82) is 0 Å². The van der Waals surface area contributed by atoms with Gasteiger partial charge in [0.25, 0.3) is 0 Å². The van der Waals surface area contributed by atoms with Crippen LogP contribution in [0, 0.1) is 0 Å². The minimum absolute atomic E-state index is 0.0909. The van der Waals surface area contributed by atoms with Crippen LogP contribution < -0.4 is 5.32 Å². The van der Waals surface area contributed by atoms with Crippen LogP contribution in [0.15, 0.2) is 18.2 Å². The van der Waals surface area contributed by atoms with Gasteiger partial charge in [-0.15, -0.1) is 0 Å². The van der Waals surface area contributed by atoms with Gasteiger partial charge in [-0.3, -0.25) is 0 Å². The van der Waals surface area contributed by atoms with Crippen molar-refractivity contribution in [2.24, 2.45) is 0 Å². The van der Waals surface area contributed by atoms with Gasteiger partial charge in [0.05, 0.1) is 10.6 Å². The van der Waals surface area contributed by atoms with Gasteiger partial charge in [0.1, 0.15) is 0 Å². The lowest BCUT2D eigenvalue weighted by molar-refractivity contribution is -0.137. The number of urea groups is 1. The predicted molar refractivity (Wildman–Crippen MR) is 75.5 cm³/mol. The summed E-state index contributed by atoms with van der Waals surface area (Å²) in [5, 5.41) is 2.13. The van der Waals surface area contributed by atoms with Gasteiger partial charge in [0, 0.05) is 18.3 Å². The van der Waals surface area contributed by atoms with Gasteiger partial charge in [-0.25, -0.2) is 4.79 Å². The third-order valence-electron chi connectivity index (χ3n) is 3.59. The van der Waals surface area contributed by atoms with E-state index in [2.05, 4.69) is 5.32 Å². The summed E-state index contributed by atoms with van der Waals surface area (Å²) < 4.78 is 38.3. The van der Waals surface area contributed by atoms with E-state index >= 15 is 0 Å². The first kappa shape index (κ1) is 15.9. The lowest BCUT2D eigenvalue weighted by Gasteiger charge is -2.33. The highest BCUT2D eigenvalue weighted by atomic mass is 35.5. The van der Waals surface area contributed by atoms with Crippen LogP contribution >= 0.6 is 11.6 Å². The molecule has 0 radical (unpaired) electrons. The molecule has 1 N–H and O–H groups in total. The molecule has 1 aliphatic rings. The number of rotatable bonds is 1. The minimum Gasteiger partial charge on any atom is -0.322 e. The summed E-state index contributed by atoms with van der Waals surface area (Å²) in [4.78, 5) is 13.8. The number of hydrogen-bond acceptors (Lipinski definition) is 1. The van der Waals surface area contributed by atoms with Crippen molar-refractivity contribution < 1.29 is 18.0 Å². The topological polar surface area (TPSA) is 32.3 Å². The highest BCUT2D eigenvalue weighted by molar-refractivity contribution is 6.31. The van der Waals surface area contributed by atoms with Crippen molar-refractivity contribution >= 4 is 23.3 Å². The summed E-state index contributed by atoms with van der Waals surface area (Å²) in [6.45, 7) is 2.55. The predicted octanol–water partition coefficient (Wildman–Crippen LogP) is 4.77. The van der Waals surface area contributed by atoms with Crippen LogP contribution in [0.3, 0.4) is 0 Å². The van der Waals surface area contributed by atoms with E-state index in [1.165, 1.54) is 6.07 Å². The molecule has 1 saturated heterocycles. The Hall–Kier alpha value is -1.43. The number of hydrogen-bond donors (Lipinski definition) is 1. The van der Waals surface area contributed by atoms with Crippen LogP contribution in [0.5, 0.6) is 0 Å². The number of nitrogens with one attached hydrogen (secondary N) is 1. The first-order chi connectivity index (χ1) is 9.79. The number of carbonyl (C=O) groups excluding carboxylic acids is 1. The maximum Gasteiger partial charge on any atom is 0.417 e. The average Bonchev–Trinajstić information content (AvgIpc) is 2.40. The Morgan fingerprint density at radius 2 is 2.10 bits per heavy atom. The summed E-state index contributed by atoms with van der Waals surface area (Å²) in [7, 11) is 0. The lowest BCUT2D eigenvalue weighted by atomic mass is 10.0. The van der Waals surface area contributed by atoms with Crippen LogP contribution in [-0.4, -0.2) is 23.5 Å². The number of carbonyl (C=O) groups is 1. The van der Waals surface area contributed by atoms with Gasteiger partial charge < -0.3 is 10.2 Å². The van der Waals surface area contributed by atoms with E-state index in [4.69, 9.17) is 11.6 Å². The third-order valence-corrected chi connectivity index (χ3v) is 3.92. The summed E-state index contributed by atoms with van der Waals surface area (Å²) in [5.74, 6) is 0. The smallest absolute Gasteiger partial charge is 0.322 e. The molecule has 0 saturated carbocycles. The fraction of sp³-hybridized carbons (Fsp3) is 0.500. The first-order valence-corrected chi connectivity index (χ1v) is 7.11. The molecule has 7 heteroatoms. The molecule has 0 spiro atoms. The lowest BCUT2D eigenvalue weighted by Crippen LogP contribution is -2.44. The molecular formula is C14H16ClF3N2O. The number of benzene rings is 1. The molecule has 1 aromatic rings. The van der Waals surface area contributed by atoms with Crippen molar-refractivity contribution in [2.75, 3.05) is 11.9 Å². The SMILES string of the molecule is CC1CCCCN1C(=O)Nc1ccc(Cl)c(C(F)(F)F)c1. The molecule has 2 rings (SSSR count). The van der Waals surface area contributed by atoms with Crippen molar-refractivity contribution in [3.63, 3.8) is 0 Å². The molecule has 3 nitrogen and oxygen atoms in total. The largest absolute Gasteiger partial charge is 0.417 e. The van der Waals surface area contributed by atoms with Crippen LogP contribution in [0.2, 0.25) is 5.02 Å². The van der Waals surface area contributed by atoms with E-state index in [1.54, 1.807) is 4.90 Å². The number of halogens is 4. The molecule has 0 bridgehead atoms. The molecule has 1 fully saturated rings. The van der Waals surface area contributed by atoms with Crippen LogP contribution in [0.4, 0.5) is 23.7 Å². The van der Waals surface area contributed by atoms with E-state index in [0.717, 1.165) is 31.4 Å². The van der Waals surface area contributed by atoms with E-state index in [0.29, 0.717) is 6.54 Å². The molecule has 0 aromatic heterocycles. The Balaban J connectivity index is 2.14. The van der Waals surface area contributed by atoms with Gasteiger partial charge >= 0.3 is 12.2 Å². The summed E-state index contributed by atoms with van der Waals surface area (Å²) in [5.41, 5.74) is -0.858. The first-order valence-electron chi connectivity index (χ1n) is 6.73. The highest BCUT2D eigenvalue weighted by Crippen LogP contribution is 2.36. The van der Waals surface area contributed by atoms with Crippen molar-refractivity contribution in [2.45, 2.75) is 38.4 Å². The molecule has 1 unspecified atom stereocenters. The Morgan fingerprint density at radius 3 is 2.71 bits per heavy atom. The second-order valence-electron chi connectivity index (χ2n) is 5.16. The minimum atomic E-state index is -4.55. The van der Waals surface area contributed by atoms with Crippen molar-refractivity contribution in [1.82, 2.24) is 4.90 Å². The Labute approximate surface area is 126 Å². The summed E-state index contributed by atoms with van der Waals surface area (Å²) in [6.07, 6.45) is -1.67. The average molecular weight is 321 g/mol. The fourth-order valence-corrected chi connectivity index (χ4v) is 2.64. The fourth-order valence-electron chi connectivity index (χ4n) is 2.42. The zero-order valence-electron chi connectivity index (χ0n) is 11.5. The molecule has 2 amide bonds. The van der Waals surface area contributed by atoms with Gasteiger partial charge in [-0.2, -0.15) is 13.2 Å². The maximum absolute atomic E-state index is 12.8. The molecule has 0 aliphatic carbocycles. The standard InChI is InChI=1S/C14H16ClF3N2O/c1-9-4-2-3-7-20(9)13(21)19-10-5-6-12(15)11(8-10)14(16,17)18/h5-6,8-9H,2-4,7H2,1H3,(H,19,21). The van der Waals surface area contributed by atoms with Gasteiger partial charge in [-0.1, -0.05) is 11.6 Å². The Kier molecular flexibility index (Phi) is 4.66. The molecule has 1 aromatic carbocycles. The number of piperidine rings is 1. The molecule has 21 heavy (non-hydrogen) atoms. The third kappa shape index (κ3) is 3.81. The monoisotopic (exact) mass is 320 g/mol. The van der Waals surface area contributed by atoms with Crippen LogP contribution in [0.1, 0.15) is 31.7 Å². The zero-order valence-corrected chi connectivity index (χ0v) is 12.3. The Bertz CT molecular complexity index is 533. The van der Waals surface area contributed by atoms with Crippen LogP contribution in [0.25, 0.3) is 0 Å². The van der Waals surface area contributed by atoms with Crippen LogP contribution in [-0.2, 0) is 6.18 Å². The van der Waals surface area contributed by atoms with E-state index in [1.807, 2.05) is 6.92 Å². The molecule has 116 valence electrons. The number of alkyl halides is 3. The maximum atomic E-state index is 12.8. The zero-order chi connectivity index (χ0) is 15.6. The molecular weight excluding hydrogens is 305 g/mol.